The second-order valence-corrected chi connectivity index (χ2v) is 5.89. The number of H-pyrrole nitrogens is 1. The lowest BCUT2D eigenvalue weighted by Crippen LogP contribution is -2.38. The number of amides is 1. The second-order valence-electron chi connectivity index (χ2n) is 5.89. The van der Waals surface area contributed by atoms with E-state index in [1.807, 2.05) is 24.3 Å². The molecule has 1 aromatic carbocycles. The van der Waals surface area contributed by atoms with Gasteiger partial charge in [-0.1, -0.05) is 18.2 Å². The monoisotopic (exact) mass is 304 g/mol. The Morgan fingerprint density at radius 3 is 2.55 bits per heavy atom. The minimum absolute atomic E-state index is 0.560. The number of fused-ring (bicyclic) bond motifs is 1. The molecule has 1 aromatic heterocycles. The van der Waals surface area contributed by atoms with Gasteiger partial charge >= 0.3 is 12.1 Å². The number of nitrogens with one attached hydrogen (secondary N) is 2. The first-order valence-electron chi connectivity index (χ1n) is 6.95. The standard InChI is InChI=1S/C16H20N2O4/c1-16(2,3)22-15(20)18-13(14(19)21-4)11-9-17-12-8-6-5-7-10(11)12/h5-9,13,17H,1-4H3,(H,18,20). The van der Waals surface area contributed by atoms with Gasteiger partial charge in [0.1, 0.15) is 5.60 Å². The molecule has 2 N–H and O–H groups in total. The average Bonchev–Trinajstić information content (AvgIpc) is 2.86. The Labute approximate surface area is 128 Å². The minimum Gasteiger partial charge on any atom is -0.467 e. The molecule has 0 aliphatic rings. The lowest BCUT2D eigenvalue weighted by Gasteiger charge is -2.22. The normalized spacial score (nSPS) is 12.7. The fraction of sp³-hybridized carbons (Fsp3) is 0.375. The average molecular weight is 304 g/mol. The van der Waals surface area contributed by atoms with Crippen LogP contribution in [-0.4, -0.2) is 29.8 Å². The number of esters is 1. The maximum atomic E-state index is 12.0. The summed E-state index contributed by atoms with van der Waals surface area (Å²) in [5.41, 5.74) is 0.857. The van der Waals surface area contributed by atoms with Crippen LogP contribution >= 0.6 is 0 Å². The van der Waals surface area contributed by atoms with Crippen molar-refractivity contribution in [1.82, 2.24) is 10.3 Å². The van der Waals surface area contributed by atoms with Crippen LogP contribution in [0.3, 0.4) is 0 Å². The molecule has 1 amide bonds. The highest BCUT2D eigenvalue weighted by Crippen LogP contribution is 2.25. The molecule has 0 saturated carbocycles. The topological polar surface area (TPSA) is 80.4 Å². The van der Waals surface area contributed by atoms with Gasteiger partial charge in [0, 0.05) is 22.7 Å². The van der Waals surface area contributed by atoms with Crippen LogP contribution in [0.5, 0.6) is 0 Å². The van der Waals surface area contributed by atoms with E-state index in [0.717, 1.165) is 10.9 Å². The molecule has 0 bridgehead atoms. The summed E-state index contributed by atoms with van der Waals surface area (Å²) >= 11 is 0. The van der Waals surface area contributed by atoms with Gasteiger partial charge in [0.25, 0.3) is 0 Å². The van der Waals surface area contributed by atoms with Crippen molar-refractivity contribution in [1.29, 1.82) is 0 Å². The third-order valence-corrected chi connectivity index (χ3v) is 3.03. The number of aromatic amines is 1. The van der Waals surface area contributed by atoms with Crippen LogP contribution in [0.4, 0.5) is 4.79 Å². The van der Waals surface area contributed by atoms with Gasteiger partial charge in [-0.15, -0.1) is 0 Å². The van der Waals surface area contributed by atoms with E-state index in [0.29, 0.717) is 5.56 Å². The zero-order valence-electron chi connectivity index (χ0n) is 13.1. The fourth-order valence-corrected chi connectivity index (χ4v) is 2.14. The highest BCUT2D eigenvalue weighted by atomic mass is 16.6. The summed E-state index contributed by atoms with van der Waals surface area (Å²) in [6.07, 6.45) is 1.01. The van der Waals surface area contributed by atoms with Crippen molar-refractivity contribution < 1.29 is 19.1 Å². The molecule has 1 unspecified atom stereocenters. The van der Waals surface area contributed by atoms with Crippen molar-refractivity contribution in [2.75, 3.05) is 7.11 Å². The second kappa shape index (κ2) is 6.09. The summed E-state index contributed by atoms with van der Waals surface area (Å²) in [4.78, 5) is 27.1. The molecule has 0 saturated heterocycles. The van der Waals surface area contributed by atoms with Gasteiger partial charge in [-0.3, -0.25) is 0 Å². The van der Waals surface area contributed by atoms with E-state index in [4.69, 9.17) is 9.47 Å². The number of ether oxygens (including phenoxy) is 2. The van der Waals surface area contributed by atoms with Gasteiger partial charge in [-0.2, -0.15) is 0 Å². The molecule has 6 nitrogen and oxygen atoms in total. The van der Waals surface area contributed by atoms with Crippen LogP contribution in [0.2, 0.25) is 0 Å². The number of carbonyl (C=O) groups excluding carboxylic acids is 2. The van der Waals surface area contributed by atoms with Gasteiger partial charge in [-0.25, -0.2) is 9.59 Å². The zero-order chi connectivity index (χ0) is 16.3. The van der Waals surface area contributed by atoms with Crippen molar-refractivity contribution in [3.8, 4) is 0 Å². The number of alkyl carbamates (subject to hydrolysis) is 1. The number of benzene rings is 1. The molecule has 6 heteroatoms. The number of carbonyl (C=O) groups is 2. The number of methoxy groups -OCH3 is 1. The van der Waals surface area contributed by atoms with Crippen LogP contribution < -0.4 is 5.32 Å². The molecule has 0 radical (unpaired) electrons. The van der Waals surface area contributed by atoms with E-state index in [9.17, 15) is 9.59 Å². The van der Waals surface area contributed by atoms with Gasteiger partial charge < -0.3 is 19.8 Å². The Hall–Kier alpha value is -2.50. The number of aromatic nitrogens is 1. The largest absolute Gasteiger partial charge is 0.467 e. The molecule has 2 aromatic rings. The molecular weight excluding hydrogens is 284 g/mol. The summed E-state index contributed by atoms with van der Waals surface area (Å²) in [5, 5.41) is 3.40. The Morgan fingerprint density at radius 2 is 1.91 bits per heavy atom. The van der Waals surface area contributed by atoms with Gasteiger partial charge in [-0.05, 0) is 26.8 Å². The highest BCUT2D eigenvalue weighted by Gasteiger charge is 2.28. The smallest absolute Gasteiger partial charge is 0.408 e. The quantitative estimate of drug-likeness (QED) is 0.854. The van der Waals surface area contributed by atoms with Crippen LogP contribution in [0.15, 0.2) is 30.5 Å². The summed E-state index contributed by atoms with van der Waals surface area (Å²) in [5.74, 6) is -0.560. The number of hydrogen-bond acceptors (Lipinski definition) is 4. The predicted molar refractivity (Wildman–Crippen MR) is 82.4 cm³/mol. The number of rotatable bonds is 3. The first-order valence-corrected chi connectivity index (χ1v) is 6.95. The lowest BCUT2D eigenvalue weighted by atomic mass is 10.1. The molecule has 0 fully saturated rings. The van der Waals surface area contributed by atoms with Crippen molar-refractivity contribution in [3.05, 3.63) is 36.0 Å². The SMILES string of the molecule is COC(=O)C(NC(=O)OC(C)(C)C)c1c[nH]c2ccccc12. The molecule has 118 valence electrons. The third-order valence-electron chi connectivity index (χ3n) is 3.03. The van der Waals surface area contributed by atoms with Crippen LogP contribution in [0.25, 0.3) is 10.9 Å². The Balaban J connectivity index is 2.31. The maximum absolute atomic E-state index is 12.0. The van der Waals surface area contributed by atoms with E-state index in [1.165, 1.54) is 7.11 Å². The van der Waals surface area contributed by atoms with Gasteiger partial charge in [0.2, 0.25) is 0 Å². The van der Waals surface area contributed by atoms with E-state index in [-0.39, 0.29) is 0 Å². The summed E-state index contributed by atoms with van der Waals surface area (Å²) in [6, 6.07) is 6.57. The Kier molecular flexibility index (Phi) is 4.40. The van der Waals surface area contributed by atoms with Crippen molar-refractivity contribution in [3.63, 3.8) is 0 Å². The molecular formula is C16H20N2O4. The zero-order valence-corrected chi connectivity index (χ0v) is 13.1. The van der Waals surface area contributed by atoms with Crippen LogP contribution in [0, 0.1) is 0 Å². The van der Waals surface area contributed by atoms with Crippen LogP contribution in [-0.2, 0) is 14.3 Å². The number of hydrogen-bond donors (Lipinski definition) is 2. The van der Waals surface area contributed by atoms with E-state index in [2.05, 4.69) is 10.3 Å². The minimum atomic E-state index is -0.934. The highest BCUT2D eigenvalue weighted by molar-refractivity contribution is 5.91. The molecule has 0 aliphatic heterocycles. The van der Waals surface area contributed by atoms with E-state index >= 15 is 0 Å². The van der Waals surface area contributed by atoms with E-state index in [1.54, 1.807) is 27.0 Å². The Bertz CT molecular complexity index is 685. The third kappa shape index (κ3) is 3.58. The van der Waals surface area contributed by atoms with Crippen molar-refractivity contribution >= 4 is 23.0 Å². The van der Waals surface area contributed by atoms with Crippen molar-refractivity contribution in [2.24, 2.45) is 0 Å². The Morgan fingerprint density at radius 1 is 1.23 bits per heavy atom. The van der Waals surface area contributed by atoms with Crippen molar-refractivity contribution in [2.45, 2.75) is 32.4 Å². The summed E-state index contributed by atoms with van der Waals surface area (Å²) in [6.45, 7) is 5.27. The van der Waals surface area contributed by atoms with Crippen LogP contribution in [0.1, 0.15) is 32.4 Å². The molecule has 0 aliphatic carbocycles. The summed E-state index contributed by atoms with van der Waals surface area (Å²) < 4.78 is 10.00. The van der Waals surface area contributed by atoms with E-state index < -0.39 is 23.7 Å². The summed E-state index contributed by atoms with van der Waals surface area (Å²) in [7, 11) is 1.28. The van der Waals surface area contributed by atoms with Gasteiger partial charge in [0.15, 0.2) is 6.04 Å². The molecule has 0 spiro atoms. The molecule has 22 heavy (non-hydrogen) atoms. The number of para-hydroxylation sites is 1. The fourth-order valence-electron chi connectivity index (χ4n) is 2.14. The lowest BCUT2D eigenvalue weighted by molar-refractivity contribution is -0.143. The predicted octanol–water partition coefficient (Wildman–Crippen LogP) is 2.91. The first kappa shape index (κ1) is 15.9. The molecule has 1 atom stereocenters. The maximum Gasteiger partial charge on any atom is 0.408 e. The molecule has 1 heterocycles. The molecule has 2 rings (SSSR count). The van der Waals surface area contributed by atoms with Gasteiger partial charge in [0.05, 0.1) is 7.11 Å². The first-order chi connectivity index (χ1) is 10.3.